The van der Waals surface area contributed by atoms with Crippen LogP contribution >= 0.6 is 11.6 Å². The van der Waals surface area contributed by atoms with Crippen LogP contribution < -0.4 is 14.8 Å². The summed E-state index contributed by atoms with van der Waals surface area (Å²) >= 11 is 6.23. The maximum atomic E-state index is 12.4. The van der Waals surface area contributed by atoms with Gasteiger partial charge in [0.15, 0.2) is 11.5 Å². The summed E-state index contributed by atoms with van der Waals surface area (Å²) in [4.78, 5) is 12.4. The molecule has 1 N–H and O–H groups in total. The predicted molar refractivity (Wildman–Crippen MR) is 95.4 cm³/mol. The second-order valence-electron chi connectivity index (χ2n) is 5.77. The van der Waals surface area contributed by atoms with Gasteiger partial charge in [0, 0.05) is 25.6 Å². The number of hydrogen-bond donors (Lipinski definition) is 1. The number of amides is 1. The number of carbonyl (C=O) groups excluding carboxylic acids is 1. The molecule has 1 aliphatic rings. The lowest BCUT2D eigenvalue weighted by Gasteiger charge is -2.12. The van der Waals surface area contributed by atoms with Gasteiger partial charge >= 0.3 is 0 Å². The Morgan fingerprint density at radius 2 is 1.88 bits per heavy atom. The van der Waals surface area contributed by atoms with Crippen molar-refractivity contribution in [2.45, 2.75) is 19.6 Å². The Morgan fingerprint density at radius 1 is 1.16 bits per heavy atom. The molecule has 0 radical (unpaired) electrons. The third kappa shape index (κ3) is 4.44. The summed E-state index contributed by atoms with van der Waals surface area (Å²) in [6.07, 6.45) is 0.783. The summed E-state index contributed by atoms with van der Waals surface area (Å²) in [5, 5.41) is 3.27. The SMILES string of the molecule is COCc1ccc(CNC(=O)c2cc(Cl)c3c(c2)OCCCO3)cc1. The third-order valence-electron chi connectivity index (χ3n) is 3.85. The van der Waals surface area contributed by atoms with E-state index in [-0.39, 0.29) is 5.91 Å². The highest BCUT2D eigenvalue weighted by Crippen LogP contribution is 2.37. The van der Waals surface area contributed by atoms with Crippen molar-refractivity contribution in [2.24, 2.45) is 0 Å². The summed E-state index contributed by atoms with van der Waals surface area (Å²) < 4.78 is 16.3. The van der Waals surface area contributed by atoms with Gasteiger partial charge in [-0.15, -0.1) is 0 Å². The smallest absolute Gasteiger partial charge is 0.251 e. The summed E-state index contributed by atoms with van der Waals surface area (Å²) in [5.41, 5.74) is 2.55. The Kier molecular flexibility index (Phi) is 5.79. The van der Waals surface area contributed by atoms with E-state index >= 15 is 0 Å². The lowest BCUT2D eigenvalue weighted by molar-refractivity contribution is 0.0950. The molecule has 25 heavy (non-hydrogen) atoms. The molecular formula is C19H20ClNO4. The number of rotatable bonds is 5. The van der Waals surface area contributed by atoms with Crippen molar-refractivity contribution >= 4 is 17.5 Å². The van der Waals surface area contributed by atoms with Crippen molar-refractivity contribution in [1.29, 1.82) is 0 Å². The van der Waals surface area contributed by atoms with Gasteiger partial charge in [-0.25, -0.2) is 0 Å². The van der Waals surface area contributed by atoms with Crippen molar-refractivity contribution in [3.05, 3.63) is 58.1 Å². The average molecular weight is 362 g/mol. The van der Waals surface area contributed by atoms with Crippen LogP contribution in [0.2, 0.25) is 5.02 Å². The van der Waals surface area contributed by atoms with Crippen LogP contribution in [0.15, 0.2) is 36.4 Å². The number of hydrogen-bond acceptors (Lipinski definition) is 4. The van der Waals surface area contributed by atoms with Crippen LogP contribution in [-0.2, 0) is 17.9 Å². The average Bonchev–Trinajstić information content (AvgIpc) is 2.87. The van der Waals surface area contributed by atoms with E-state index in [1.165, 1.54) is 0 Å². The van der Waals surface area contributed by atoms with Crippen LogP contribution in [0.3, 0.4) is 0 Å². The van der Waals surface area contributed by atoms with E-state index in [4.69, 9.17) is 25.8 Å². The molecule has 1 amide bonds. The zero-order valence-electron chi connectivity index (χ0n) is 14.0. The number of methoxy groups -OCH3 is 1. The van der Waals surface area contributed by atoms with Gasteiger partial charge in [-0.05, 0) is 23.3 Å². The first-order valence-electron chi connectivity index (χ1n) is 8.11. The van der Waals surface area contributed by atoms with Gasteiger partial charge < -0.3 is 19.5 Å². The molecule has 0 unspecified atom stereocenters. The Hall–Kier alpha value is -2.24. The quantitative estimate of drug-likeness (QED) is 0.884. The minimum absolute atomic E-state index is 0.210. The van der Waals surface area contributed by atoms with E-state index in [2.05, 4.69) is 5.32 Å². The molecule has 0 bridgehead atoms. The lowest BCUT2D eigenvalue weighted by atomic mass is 10.1. The molecule has 1 heterocycles. The van der Waals surface area contributed by atoms with E-state index < -0.39 is 0 Å². The van der Waals surface area contributed by atoms with Crippen molar-refractivity contribution in [2.75, 3.05) is 20.3 Å². The molecule has 2 aromatic carbocycles. The highest BCUT2D eigenvalue weighted by Gasteiger charge is 2.18. The zero-order chi connectivity index (χ0) is 17.6. The summed E-state index contributed by atoms with van der Waals surface area (Å²) in [5.74, 6) is 0.807. The fraction of sp³-hybridized carbons (Fsp3) is 0.316. The molecule has 0 saturated carbocycles. The maximum Gasteiger partial charge on any atom is 0.251 e. The molecule has 0 atom stereocenters. The van der Waals surface area contributed by atoms with Gasteiger partial charge in [0.1, 0.15) is 0 Å². The monoisotopic (exact) mass is 361 g/mol. The standard InChI is InChI=1S/C19H20ClNO4/c1-23-12-14-5-3-13(4-6-14)11-21-19(22)15-9-16(20)18-17(10-15)24-7-2-8-25-18/h3-6,9-10H,2,7-8,11-12H2,1H3,(H,21,22). The molecule has 0 spiro atoms. The van der Waals surface area contributed by atoms with Crippen molar-refractivity contribution in [1.82, 2.24) is 5.32 Å². The van der Waals surface area contributed by atoms with E-state index in [0.29, 0.717) is 48.5 Å². The van der Waals surface area contributed by atoms with E-state index in [9.17, 15) is 4.79 Å². The van der Waals surface area contributed by atoms with Gasteiger partial charge in [0.25, 0.3) is 5.91 Å². The fourth-order valence-electron chi connectivity index (χ4n) is 2.57. The normalized spacial score (nSPS) is 13.2. The Balaban J connectivity index is 1.67. The zero-order valence-corrected chi connectivity index (χ0v) is 14.8. The van der Waals surface area contributed by atoms with Crippen LogP contribution in [0, 0.1) is 0 Å². The second kappa shape index (κ2) is 8.23. The van der Waals surface area contributed by atoms with Gasteiger partial charge in [-0.1, -0.05) is 35.9 Å². The van der Waals surface area contributed by atoms with Crippen LogP contribution in [-0.4, -0.2) is 26.2 Å². The lowest BCUT2D eigenvalue weighted by Crippen LogP contribution is -2.22. The van der Waals surface area contributed by atoms with Crippen LogP contribution in [0.25, 0.3) is 0 Å². The Bertz CT molecular complexity index is 746. The number of carbonyl (C=O) groups is 1. The molecule has 0 saturated heterocycles. The molecule has 1 aliphatic heterocycles. The Labute approximate surface area is 151 Å². The van der Waals surface area contributed by atoms with Gasteiger partial charge in [0.05, 0.1) is 24.8 Å². The number of fused-ring (bicyclic) bond motifs is 1. The largest absolute Gasteiger partial charge is 0.489 e. The number of ether oxygens (including phenoxy) is 3. The van der Waals surface area contributed by atoms with Gasteiger partial charge in [-0.3, -0.25) is 4.79 Å². The molecule has 0 aromatic heterocycles. The predicted octanol–water partition coefficient (Wildman–Crippen LogP) is 3.58. The summed E-state index contributed by atoms with van der Waals surface area (Å²) in [6, 6.07) is 11.2. The molecule has 0 fully saturated rings. The summed E-state index contributed by atoms with van der Waals surface area (Å²) in [6.45, 7) is 2.10. The minimum Gasteiger partial charge on any atom is -0.489 e. The summed E-state index contributed by atoms with van der Waals surface area (Å²) in [7, 11) is 1.66. The first kappa shape index (κ1) is 17.6. The van der Waals surface area contributed by atoms with Gasteiger partial charge in [0.2, 0.25) is 0 Å². The van der Waals surface area contributed by atoms with Gasteiger partial charge in [-0.2, -0.15) is 0 Å². The molecule has 132 valence electrons. The van der Waals surface area contributed by atoms with E-state index in [0.717, 1.165) is 17.5 Å². The Morgan fingerprint density at radius 3 is 2.64 bits per heavy atom. The second-order valence-corrected chi connectivity index (χ2v) is 6.18. The number of halogens is 1. The number of nitrogens with one attached hydrogen (secondary N) is 1. The first-order chi connectivity index (χ1) is 12.2. The van der Waals surface area contributed by atoms with Crippen molar-refractivity contribution in [3.63, 3.8) is 0 Å². The fourth-order valence-corrected chi connectivity index (χ4v) is 2.83. The molecule has 0 aliphatic carbocycles. The minimum atomic E-state index is -0.210. The van der Waals surface area contributed by atoms with E-state index in [1.807, 2.05) is 24.3 Å². The first-order valence-corrected chi connectivity index (χ1v) is 8.49. The molecule has 5 nitrogen and oxygen atoms in total. The van der Waals surface area contributed by atoms with Crippen LogP contribution in [0.1, 0.15) is 27.9 Å². The highest BCUT2D eigenvalue weighted by atomic mass is 35.5. The molecular weight excluding hydrogens is 342 g/mol. The van der Waals surface area contributed by atoms with E-state index in [1.54, 1.807) is 19.2 Å². The topological polar surface area (TPSA) is 56.8 Å². The van der Waals surface area contributed by atoms with Crippen molar-refractivity contribution in [3.8, 4) is 11.5 Å². The van der Waals surface area contributed by atoms with Crippen LogP contribution in [0.5, 0.6) is 11.5 Å². The highest BCUT2D eigenvalue weighted by molar-refractivity contribution is 6.32. The number of benzene rings is 2. The third-order valence-corrected chi connectivity index (χ3v) is 4.13. The maximum absolute atomic E-state index is 12.4. The molecule has 6 heteroatoms. The van der Waals surface area contributed by atoms with Crippen molar-refractivity contribution < 1.29 is 19.0 Å². The molecule has 2 aromatic rings. The van der Waals surface area contributed by atoms with Crippen LogP contribution in [0.4, 0.5) is 0 Å². The molecule has 3 rings (SSSR count).